The Morgan fingerprint density at radius 2 is 1.96 bits per heavy atom. The molecular weight excluding hydrogens is 340 g/mol. The molecule has 1 aromatic heterocycles. The van der Waals surface area contributed by atoms with E-state index in [2.05, 4.69) is 10.3 Å². The van der Waals surface area contributed by atoms with Crippen molar-refractivity contribution in [2.45, 2.75) is 42.7 Å². The number of carbonyl (C=O) groups excluding carboxylic acids is 1. The van der Waals surface area contributed by atoms with E-state index in [0.717, 1.165) is 4.90 Å². The number of aromatic nitrogens is 1. The summed E-state index contributed by atoms with van der Waals surface area (Å²) < 4.78 is 5.18. The summed E-state index contributed by atoms with van der Waals surface area (Å²) in [5.41, 5.74) is 0.344. The molecule has 1 amide bonds. The Labute approximate surface area is 150 Å². The van der Waals surface area contributed by atoms with E-state index in [1.54, 1.807) is 63.4 Å². The number of amides is 1. The second kappa shape index (κ2) is 8.02. The van der Waals surface area contributed by atoms with Crippen molar-refractivity contribution in [3.63, 3.8) is 0 Å². The molecule has 0 aliphatic heterocycles. The number of benzene rings is 1. The maximum absolute atomic E-state index is 11.7. The molecule has 6 nitrogen and oxygen atoms in total. The van der Waals surface area contributed by atoms with E-state index in [0.29, 0.717) is 10.6 Å². The highest BCUT2D eigenvalue weighted by molar-refractivity contribution is 7.99. The lowest BCUT2D eigenvalue weighted by molar-refractivity contribution is 0.0522. The third-order valence-corrected chi connectivity index (χ3v) is 4.01. The minimum absolute atomic E-state index is 0.226. The summed E-state index contributed by atoms with van der Waals surface area (Å²) in [4.78, 5) is 28.7. The Kier molecular flexibility index (Phi) is 6.03. The van der Waals surface area contributed by atoms with Gasteiger partial charge < -0.3 is 15.2 Å². The number of nitrogens with one attached hydrogen (secondary N) is 1. The zero-order valence-electron chi connectivity index (χ0n) is 14.3. The zero-order chi connectivity index (χ0) is 18.4. The van der Waals surface area contributed by atoms with Crippen molar-refractivity contribution in [3.05, 3.63) is 53.9 Å². The number of pyridine rings is 1. The van der Waals surface area contributed by atoms with Crippen LogP contribution in [0.3, 0.4) is 0 Å². The summed E-state index contributed by atoms with van der Waals surface area (Å²) in [6.07, 6.45) is 1.11. The number of rotatable bonds is 5. The number of carboxylic acids is 1. The minimum Gasteiger partial charge on any atom is -0.478 e. The fourth-order valence-corrected chi connectivity index (χ4v) is 2.94. The first-order valence-corrected chi connectivity index (χ1v) is 8.48. The molecule has 25 heavy (non-hydrogen) atoms. The van der Waals surface area contributed by atoms with Gasteiger partial charge in [-0.2, -0.15) is 0 Å². The first kappa shape index (κ1) is 18.8. The number of carbonyl (C=O) groups is 2. The molecule has 0 saturated heterocycles. The third kappa shape index (κ3) is 6.11. The molecule has 0 atom stereocenters. The summed E-state index contributed by atoms with van der Waals surface area (Å²) >= 11 is 1.34. The van der Waals surface area contributed by atoms with Gasteiger partial charge in [0.25, 0.3) is 0 Å². The first-order chi connectivity index (χ1) is 11.7. The lowest BCUT2D eigenvalue weighted by Crippen LogP contribution is -2.32. The van der Waals surface area contributed by atoms with Gasteiger partial charge in [0, 0.05) is 16.0 Å². The maximum atomic E-state index is 11.7. The van der Waals surface area contributed by atoms with Crippen molar-refractivity contribution >= 4 is 23.8 Å². The molecule has 0 spiro atoms. The fourth-order valence-electron chi connectivity index (χ4n) is 1.95. The molecule has 0 fully saturated rings. The van der Waals surface area contributed by atoms with Crippen LogP contribution in [0.2, 0.25) is 0 Å². The van der Waals surface area contributed by atoms with Gasteiger partial charge in [0.05, 0.1) is 17.8 Å². The lowest BCUT2D eigenvalue weighted by atomic mass is 10.2. The largest absolute Gasteiger partial charge is 0.478 e. The van der Waals surface area contributed by atoms with Crippen molar-refractivity contribution in [1.82, 2.24) is 10.3 Å². The normalized spacial score (nSPS) is 11.0. The Bertz CT molecular complexity index is 772. The zero-order valence-corrected chi connectivity index (χ0v) is 15.1. The van der Waals surface area contributed by atoms with Gasteiger partial charge in [0.15, 0.2) is 0 Å². The summed E-state index contributed by atoms with van der Waals surface area (Å²) in [7, 11) is 0. The number of ether oxygens (including phenoxy) is 1. The van der Waals surface area contributed by atoms with Gasteiger partial charge in [-0.05, 0) is 45.0 Å². The van der Waals surface area contributed by atoms with Crippen molar-refractivity contribution in [3.8, 4) is 0 Å². The van der Waals surface area contributed by atoms with Crippen molar-refractivity contribution in [2.24, 2.45) is 0 Å². The summed E-state index contributed by atoms with van der Waals surface area (Å²) in [5, 5.41) is 11.9. The van der Waals surface area contributed by atoms with E-state index in [9.17, 15) is 14.7 Å². The van der Waals surface area contributed by atoms with E-state index in [4.69, 9.17) is 4.74 Å². The quantitative estimate of drug-likeness (QED) is 0.839. The third-order valence-electron chi connectivity index (χ3n) is 2.95. The summed E-state index contributed by atoms with van der Waals surface area (Å²) in [5.74, 6) is -0.969. The fraction of sp³-hybridized carbons (Fsp3) is 0.278. The molecule has 0 radical (unpaired) electrons. The number of alkyl carbamates (subject to hydrolysis) is 1. The van der Waals surface area contributed by atoms with Crippen LogP contribution in [-0.2, 0) is 11.3 Å². The van der Waals surface area contributed by atoms with Gasteiger partial charge in [-0.15, -0.1) is 0 Å². The van der Waals surface area contributed by atoms with Crippen LogP contribution in [0, 0.1) is 0 Å². The van der Waals surface area contributed by atoms with Crippen molar-refractivity contribution in [2.75, 3.05) is 0 Å². The number of hydrogen-bond donors (Lipinski definition) is 2. The average molecular weight is 360 g/mol. The van der Waals surface area contributed by atoms with Crippen LogP contribution in [0.5, 0.6) is 0 Å². The van der Waals surface area contributed by atoms with Gasteiger partial charge in [-0.3, -0.25) is 4.98 Å². The Morgan fingerprint density at radius 1 is 1.24 bits per heavy atom. The average Bonchev–Trinajstić information content (AvgIpc) is 2.52. The highest BCUT2D eigenvalue weighted by atomic mass is 32.2. The van der Waals surface area contributed by atoms with Gasteiger partial charge in [-0.25, -0.2) is 9.59 Å². The summed E-state index contributed by atoms with van der Waals surface area (Å²) in [6, 6.07) is 10.4. The van der Waals surface area contributed by atoms with E-state index in [1.807, 2.05) is 0 Å². The molecule has 0 unspecified atom stereocenters. The second-order valence-corrected chi connectivity index (χ2v) is 7.36. The Balaban J connectivity index is 2.05. The standard InChI is InChI=1S/C18H20N2O4S/c1-18(2,3)24-17(23)20-11-12-10-13(8-9-19-12)25-15-7-5-4-6-14(15)16(21)22/h4-10H,11H2,1-3H3,(H,20,23)(H,21,22). The van der Waals surface area contributed by atoms with Crippen LogP contribution in [0.1, 0.15) is 36.8 Å². The van der Waals surface area contributed by atoms with E-state index < -0.39 is 17.7 Å². The molecular formula is C18H20N2O4S. The molecule has 0 bridgehead atoms. The molecule has 7 heteroatoms. The van der Waals surface area contributed by atoms with E-state index in [-0.39, 0.29) is 12.1 Å². The van der Waals surface area contributed by atoms with E-state index in [1.165, 1.54) is 11.8 Å². The molecule has 2 aromatic rings. The number of aromatic carboxylic acids is 1. The van der Waals surface area contributed by atoms with Gasteiger partial charge in [0.1, 0.15) is 5.60 Å². The number of nitrogens with zero attached hydrogens (tertiary/aromatic N) is 1. The maximum Gasteiger partial charge on any atom is 0.407 e. The number of hydrogen-bond acceptors (Lipinski definition) is 5. The highest BCUT2D eigenvalue weighted by Gasteiger charge is 2.16. The van der Waals surface area contributed by atoms with Crippen LogP contribution in [0.4, 0.5) is 4.79 Å². The molecule has 1 aromatic carbocycles. The monoisotopic (exact) mass is 360 g/mol. The number of carboxylic acid groups (broad SMARTS) is 1. The first-order valence-electron chi connectivity index (χ1n) is 7.66. The van der Waals surface area contributed by atoms with E-state index >= 15 is 0 Å². The molecule has 0 aliphatic rings. The molecule has 0 aliphatic carbocycles. The van der Waals surface area contributed by atoms with Gasteiger partial charge >= 0.3 is 12.1 Å². The predicted molar refractivity (Wildman–Crippen MR) is 94.8 cm³/mol. The second-order valence-electron chi connectivity index (χ2n) is 6.24. The molecule has 1 heterocycles. The topological polar surface area (TPSA) is 88.5 Å². The van der Waals surface area contributed by atoms with Crippen LogP contribution in [0.15, 0.2) is 52.4 Å². The Hall–Kier alpha value is -2.54. The van der Waals surface area contributed by atoms with Gasteiger partial charge in [0.2, 0.25) is 0 Å². The van der Waals surface area contributed by atoms with Crippen LogP contribution < -0.4 is 5.32 Å². The molecule has 132 valence electrons. The molecule has 0 saturated carbocycles. The predicted octanol–water partition coefficient (Wildman–Crippen LogP) is 3.96. The molecule has 2 N–H and O–H groups in total. The highest BCUT2D eigenvalue weighted by Crippen LogP contribution is 2.30. The summed E-state index contributed by atoms with van der Waals surface area (Å²) in [6.45, 7) is 5.61. The van der Waals surface area contributed by atoms with Crippen LogP contribution >= 0.6 is 11.8 Å². The van der Waals surface area contributed by atoms with Crippen LogP contribution in [0.25, 0.3) is 0 Å². The lowest BCUT2D eigenvalue weighted by Gasteiger charge is -2.19. The minimum atomic E-state index is -0.969. The van der Waals surface area contributed by atoms with Crippen molar-refractivity contribution in [1.29, 1.82) is 0 Å². The van der Waals surface area contributed by atoms with Crippen LogP contribution in [-0.4, -0.2) is 27.8 Å². The molecule has 2 rings (SSSR count). The van der Waals surface area contributed by atoms with Crippen molar-refractivity contribution < 1.29 is 19.4 Å². The smallest absolute Gasteiger partial charge is 0.407 e. The SMILES string of the molecule is CC(C)(C)OC(=O)NCc1cc(Sc2ccccc2C(=O)O)ccn1. The van der Waals surface area contributed by atoms with Gasteiger partial charge in [-0.1, -0.05) is 23.9 Å². The Morgan fingerprint density at radius 3 is 2.64 bits per heavy atom.